The van der Waals surface area contributed by atoms with Crippen LogP contribution in [0.1, 0.15) is 32.1 Å². The van der Waals surface area contributed by atoms with Crippen LogP contribution in [0.25, 0.3) is 0 Å². The molecule has 3 rings (SSSR count). The fourth-order valence-corrected chi connectivity index (χ4v) is 5.75. The Morgan fingerprint density at radius 3 is 2.58 bits per heavy atom. The van der Waals surface area contributed by atoms with Gasteiger partial charge in [-0.1, -0.05) is 24.6 Å². The van der Waals surface area contributed by atoms with Crippen molar-refractivity contribution in [2.75, 3.05) is 31.2 Å². The minimum Gasteiger partial charge on any atom is -0.494 e. The number of hydrogen-bond donors (Lipinski definition) is 1. The van der Waals surface area contributed by atoms with E-state index in [1.807, 2.05) is 30.3 Å². The molecule has 2 aliphatic rings. The van der Waals surface area contributed by atoms with Gasteiger partial charge < -0.3 is 10.1 Å². The van der Waals surface area contributed by atoms with Gasteiger partial charge in [-0.2, -0.15) is 0 Å². The molecule has 2 unspecified atom stereocenters. The molecule has 144 valence electrons. The molecule has 6 nitrogen and oxygen atoms in total. The molecule has 2 heterocycles. The highest BCUT2D eigenvalue weighted by Crippen LogP contribution is 2.22. The Morgan fingerprint density at radius 1 is 1.12 bits per heavy atom. The summed E-state index contributed by atoms with van der Waals surface area (Å²) in [6.45, 7) is 2.32. The van der Waals surface area contributed by atoms with Crippen LogP contribution in [0.4, 0.5) is 0 Å². The third-order valence-corrected chi connectivity index (χ3v) is 6.81. The van der Waals surface area contributed by atoms with Gasteiger partial charge in [0.15, 0.2) is 9.84 Å². The van der Waals surface area contributed by atoms with E-state index in [1.165, 1.54) is 6.42 Å². The average molecular weight is 381 g/mol. The van der Waals surface area contributed by atoms with Gasteiger partial charge in [0.25, 0.3) is 0 Å². The summed E-state index contributed by atoms with van der Waals surface area (Å²) in [6.07, 6.45) is 4.36. The van der Waals surface area contributed by atoms with E-state index in [0.29, 0.717) is 19.4 Å². The quantitative estimate of drug-likeness (QED) is 0.728. The summed E-state index contributed by atoms with van der Waals surface area (Å²) in [5, 5.41) is 2.97. The molecule has 7 heteroatoms. The van der Waals surface area contributed by atoms with E-state index in [4.69, 9.17) is 4.74 Å². The van der Waals surface area contributed by atoms with Crippen molar-refractivity contribution in [1.82, 2.24) is 10.2 Å². The van der Waals surface area contributed by atoms with Gasteiger partial charge in [0.05, 0.1) is 24.2 Å². The van der Waals surface area contributed by atoms with Crippen LogP contribution in [0.3, 0.4) is 0 Å². The maximum absolute atomic E-state index is 12.3. The van der Waals surface area contributed by atoms with Crippen LogP contribution in [0, 0.1) is 0 Å². The van der Waals surface area contributed by atoms with Gasteiger partial charge in [0.2, 0.25) is 5.91 Å². The number of nitrogens with one attached hydrogen (secondary N) is 1. The lowest BCUT2D eigenvalue weighted by Crippen LogP contribution is -2.52. The van der Waals surface area contributed by atoms with Crippen molar-refractivity contribution in [2.45, 2.75) is 44.2 Å². The number of hydrogen-bond acceptors (Lipinski definition) is 5. The fourth-order valence-electron chi connectivity index (χ4n) is 3.80. The molecule has 0 bridgehead atoms. The molecular formula is C19H28N2O4S. The molecule has 0 radical (unpaired) electrons. The topological polar surface area (TPSA) is 75.7 Å². The number of piperidine rings is 1. The lowest BCUT2D eigenvalue weighted by atomic mass is 10.0. The van der Waals surface area contributed by atoms with Crippen molar-refractivity contribution in [1.29, 1.82) is 0 Å². The van der Waals surface area contributed by atoms with E-state index < -0.39 is 9.84 Å². The van der Waals surface area contributed by atoms with Gasteiger partial charge in [-0.3, -0.25) is 9.69 Å². The van der Waals surface area contributed by atoms with E-state index in [-0.39, 0.29) is 29.5 Å². The normalized spacial score (nSPS) is 25.7. The summed E-state index contributed by atoms with van der Waals surface area (Å²) >= 11 is 0. The van der Waals surface area contributed by atoms with Crippen molar-refractivity contribution < 1.29 is 17.9 Å². The van der Waals surface area contributed by atoms with Gasteiger partial charge in [-0.15, -0.1) is 0 Å². The first kappa shape index (κ1) is 19.2. The molecule has 1 N–H and O–H groups in total. The van der Waals surface area contributed by atoms with Crippen LogP contribution < -0.4 is 10.1 Å². The fraction of sp³-hybridized carbons (Fsp3) is 0.632. The number of carbonyl (C=O) groups is 1. The first-order valence-corrected chi connectivity index (χ1v) is 11.3. The second-order valence-corrected chi connectivity index (χ2v) is 9.33. The number of amides is 1. The number of nitrogens with zero attached hydrogens (tertiary/aromatic N) is 1. The van der Waals surface area contributed by atoms with Gasteiger partial charge in [0, 0.05) is 12.5 Å². The summed E-state index contributed by atoms with van der Waals surface area (Å²) in [5.74, 6) is 0.917. The van der Waals surface area contributed by atoms with Crippen LogP contribution in [0.15, 0.2) is 30.3 Å². The zero-order valence-electron chi connectivity index (χ0n) is 15.1. The van der Waals surface area contributed by atoms with Gasteiger partial charge in [0.1, 0.15) is 5.75 Å². The molecule has 1 aromatic rings. The van der Waals surface area contributed by atoms with E-state index in [9.17, 15) is 13.2 Å². The van der Waals surface area contributed by atoms with Crippen molar-refractivity contribution in [3.05, 3.63) is 30.3 Å². The lowest BCUT2D eigenvalue weighted by molar-refractivity contribution is -0.122. The number of likely N-dealkylation sites (tertiary alicyclic amines) is 1. The molecule has 1 aromatic carbocycles. The molecule has 0 spiro atoms. The summed E-state index contributed by atoms with van der Waals surface area (Å²) in [7, 11) is -3.08. The first-order valence-electron chi connectivity index (χ1n) is 9.45. The molecule has 2 saturated heterocycles. The molecule has 0 saturated carbocycles. The van der Waals surface area contributed by atoms with E-state index in [0.717, 1.165) is 31.7 Å². The Morgan fingerprint density at radius 2 is 1.85 bits per heavy atom. The molecular weight excluding hydrogens is 352 g/mol. The van der Waals surface area contributed by atoms with E-state index in [1.54, 1.807) is 0 Å². The average Bonchev–Trinajstić information content (AvgIpc) is 2.94. The summed E-state index contributed by atoms with van der Waals surface area (Å²) < 4.78 is 29.8. The highest BCUT2D eigenvalue weighted by molar-refractivity contribution is 7.91. The highest BCUT2D eigenvalue weighted by Gasteiger charge is 2.41. The summed E-state index contributed by atoms with van der Waals surface area (Å²) in [6, 6.07) is 9.13. The minimum atomic E-state index is -3.08. The van der Waals surface area contributed by atoms with Gasteiger partial charge in [-0.25, -0.2) is 8.42 Å². The Labute approximate surface area is 155 Å². The van der Waals surface area contributed by atoms with Crippen LogP contribution in [-0.2, 0) is 14.6 Å². The molecule has 26 heavy (non-hydrogen) atoms. The monoisotopic (exact) mass is 380 g/mol. The van der Waals surface area contributed by atoms with Crippen molar-refractivity contribution in [3.63, 3.8) is 0 Å². The molecule has 2 fully saturated rings. The largest absolute Gasteiger partial charge is 0.494 e. The zero-order valence-corrected chi connectivity index (χ0v) is 15.9. The lowest BCUT2D eigenvalue weighted by Gasteiger charge is -2.35. The van der Waals surface area contributed by atoms with Gasteiger partial charge >= 0.3 is 0 Å². The third kappa shape index (κ3) is 5.45. The highest BCUT2D eigenvalue weighted by atomic mass is 32.2. The second kappa shape index (κ2) is 8.86. The number of carbonyl (C=O) groups excluding carboxylic acids is 1. The third-order valence-electron chi connectivity index (χ3n) is 5.09. The minimum absolute atomic E-state index is 0.0560. The number of rotatable bonds is 7. The van der Waals surface area contributed by atoms with Crippen molar-refractivity contribution in [2.24, 2.45) is 0 Å². The van der Waals surface area contributed by atoms with Crippen molar-refractivity contribution in [3.8, 4) is 5.75 Å². The number of ether oxygens (including phenoxy) is 1. The molecule has 0 aromatic heterocycles. The Hall–Kier alpha value is -1.60. The Balaban J connectivity index is 1.45. The Kier molecular flexibility index (Phi) is 6.53. The number of para-hydroxylation sites is 1. The standard InChI is InChI=1S/C19H28N2O4S/c22-19(10-7-13-25-16-8-3-1-4-9-16)20-17-14-26(23,24)15-18(17)21-11-5-2-6-12-21/h1,3-4,8-9,17-18H,2,5-7,10-15H2,(H,20,22). The van der Waals surface area contributed by atoms with Crippen LogP contribution in [0.2, 0.25) is 0 Å². The van der Waals surface area contributed by atoms with Crippen LogP contribution in [0.5, 0.6) is 5.75 Å². The number of benzene rings is 1. The maximum Gasteiger partial charge on any atom is 0.220 e. The molecule has 2 atom stereocenters. The SMILES string of the molecule is O=C(CCCOc1ccccc1)NC1CS(=O)(=O)CC1N1CCCCC1. The second-order valence-electron chi connectivity index (χ2n) is 7.18. The van der Waals surface area contributed by atoms with Crippen molar-refractivity contribution >= 4 is 15.7 Å². The predicted molar refractivity (Wildman–Crippen MR) is 101 cm³/mol. The Bertz CT molecular complexity index is 687. The zero-order chi connectivity index (χ0) is 18.4. The summed E-state index contributed by atoms with van der Waals surface area (Å²) in [4.78, 5) is 14.5. The molecule has 2 aliphatic heterocycles. The predicted octanol–water partition coefficient (Wildman–Crippen LogP) is 1.61. The first-order chi connectivity index (χ1) is 12.5. The summed E-state index contributed by atoms with van der Waals surface area (Å²) in [5.41, 5.74) is 0. The molecule has 1 amide bonds. The van der Waals surface area contributed by atoms with E-state index in [2.05, 4.69) is 10.2 Å². The number of sulfone groups is 1. The van der Waals surface area contributed by atoms with E-state index >= 15 is 0 Å². The van der Waals surface area contributed by atoms with Gasteiger partial charge in [-0.05, 0) is 44.5 Å². The molecule has 0 aliphatic carbocycles. The maximum atomic E-state index is 12.3. The van der Waals surface area contributed by atoms with Crippen LogP contribution >= 0.6 is 0 Å². The van der Waals surface area contributed by atoms with Crippen LogP contribution in [-0.4, -0.2) is 62.5 Å². The smallest absolute Gasteiger partial charge is 0.220 e.